The van der Waals surface area contributed by atoms with Crippen molar-refractivity contribution in [1.82, 2.24) is 9.55 Å². The molecule has 2 saturated carbocycles. The monoisotopic (exact) mass is 337 g/mol. The maximum absolute atomic E-state index is 12.4. The number of fused-ring (bicyclic) bond motifs is 2. The lowest BCUT2D eigenvalue weighted by molar-refractivity contribution is -0.117. The van der Waals surface area contributed by atoms with E-state index in [-0.39, 0.29) is 5.91 Å². The van der Waals surface area contributed by atoms with Gasteiger partial charge in [-0.15, -0.1) is 0 Å². The number of nitrogens with zero attached hydrogens (tertiary/aromatic N) is 2. The van der Waals surface area contributed by atoms with Gasteiger partial charge in [-0.3, -0.25) is 4.79 Å². The van der Waals surface area contributed by atoms with E-state index < -0.39 is 0 Å². The van der Waals surface area contributed by atoms with Crippen molar-refractivity contribution in [2.24, 2.45) is 17.8 Å². The minimum absolute atomic E-state index is 0.163. The minimum atomic E-state index is 0.163. The van der Waals surface area contributed by atoms with Gasteiger partial charge in [0.25, 0.3) is 0 Å². The summed E-state index contributed by atoms with van der Waals surface area (Å²) >= 11 is 0. The average molecular weight is 337 g/mol. The third-order valence-corrected chi connectivity index (χ3v) is 5.95. The summed E-state index contributed by atoms with van der Waals surface area (Å²) in [6.45, 7) is 4.28. The topological polar surface area (TPSA) is 46.9 Å². The number of aromatic nitrogens is 2. The van der Waals surface area contributed by atoms with Gasteiger partial charge in [-0.25, -0.2) is 4.98 Å². The number of anilines is 1. The van der Waals surface area contributed by atoms with Gasteiger partial charge in [0.15, 0.2) is 0 Å². The molecule has 0 aliphatic heterocycles. The molecule has 1 N–H and O–H groups in total. The molecule has 132 valence electrons. The number of rotatable bonds is 5. The lowest BCUT2D eigenvalue weighted by Gasteiger charge is -2.21. The molecule has 25 heavy (non-hydrogen) atoms. The number of benzene rings is 1. The van der Waals surface area contributed by atoms with Crippen molar-refractivity contribution in [2.45, 2.75) is 51.9 Å². The Morgan fingerprint density at radius 3 is 2.68 bits per heavy atom. The molecule has 2 fully saturated rings. The first kappa shape index (κ1) is 16.4. The molecule has 1 amide bonds. The highest BCUT2D eigenvalue weighted by Crippen LogP contribution is 2.49. The van der Waals surface area contributed by atoms with Crippen molar-refractivity contribution in [1.29, 1.82) is 0 Å². The SMILES string of the molecule is CC(C)c1nccn1-c1ccc(NC(=O)C[C@@H]2C[C@@H]3CC[C@@H]2C3)cc1. The highest BCUT2D eigenvalue weighted by Gasteiger charge is 2.40. The zero-order valence-electron chi connectivity index (χ0n) is 15.1. The summed E-state index contributed by atoms with van der Waals surface area (Å²) in [6.07, 6.45) is 9.84. The van der Waals surface area contributed by atoms with Crippen molar-refractivity contribution in [3.05, 3.63) is 42.5 Å². The number of hydrogen-bond donors (Lipinski definition) is 1. The smallest absolute Gasteiger partial charge is 0.224 e. The van der Waals surface area contributed by atoms with E-state index in [9.17, 15) is 4.79 Å². The number of carbonyl (C=O) groups is 1. The van der Waals surface area contributed by atoms with E-state index in [4.69, 9.17) is 0 Å². The molecule has 4 nitrogen and oxygen atoms in total. The van der Waals surface area contributed by atoms with Gasteiger partial charge in [0.05, 0.1) is 0 Å². The normalized spacial score (nSPS) is 24.8. The second-order valence-corrected chi connectivity index (χ2v) is 8.04. The van der Waals surface area contributed by atoms with Crippen LogP contribution in [-0.4, -0.2) is 15.5 Å². The molecule has 2 aromatic rings. The standard InChI is InChI=1S/C21H27N3O/c1-14(2)21-22-9-10-24(21)19-7-5-18(6-8-19)23-20(25)13-17-12-15-3-4-16(17)11-15/h5-10,14-17H,3-4,11-13H2,1-2H3,(H,23,25)/t15-,16-,17+/m1/s1. The zero-order valence-corrected chi connectivity index (χ0v) is 15.1. The van der Waals surface area contributed by atoms with E-state index in [1.165, 1.54) is 25.7 Å². The fourth-order valence-electron chi connectivity index (χ4n) is 4.74. The van der Waals surface area contributed by atoms with E-state index in [0.29, 0.717) is 18.3 Å². The molecule has 4 rings (SSSR count). The quantitative estimate of drug-likeness (QED) is 0.855. The van der Waals surface area contributed by atoms with Gasteiger partial charge in [0, 0.05) is 36.1 Å². The molecule has 2 aliphatic carbocycles. The first-order valence-corrected chi connectivity index (χ1v) is 9.53. The van der Waals surface area contributed by atoms with Crippen LogP contribution in [0.15, 0.2) is 36.7 Å². The first-order chi connectivity index (χ1) is 12.1. The van der Waals surface area contributed by atoms with Crippen LogP contribution >= 0.6 is 0 Å². The predicted octanol–water partition coefficient (Wildman–Crippen LogP) is 4.76. The first-order valence-electron chi connectivity index (χ1n) is 9.53. The molecule has 2 bridgehead atoms. The van der Waals surface area contributed by atoms with Crippen LogP contribution in [0.4, 0.5) is 5.69 Å². The van der Waals surface area contributed by atoms with Gasteiger partial charge < -0.3 is 9.88 Å². The lowest BCUT2D eigenvalue weighted by Crippen LogP contribution is -2.20. The summed E-state index contributed by atoms with van der Waals surface area (Å²) in [4.78, 5) is 16.8. The van der Waals surface area contributed by atoms with Gasteiger partial charge in [-0.2, -0.15) is 0 Å². The van der Waals surface area contributed by atoms with Crippen LogP contribution in [-0.2, 0) is 4.79 Å². The largest absolute Gasteiger partial charge is 0.326 e. The maximum atomic E-state index is 12.4. The number of amides is 1. The number of hydrogen-bond acceptors (Lipinski definition) is 2. The molecule has 3 atom stereocenters. The molecule has 0 unspecified atom stereocenters. The van der Waals surface area contributed by atoms with E-state index in [2.05, 4.69) is 28.7 Å². The van der Waals surface area contributed by atoms with Crippen LogP contribution in [0.25, 0.3) is 5.69 Å². The Labute approximate surface area is 149 Å². The zero-order chi connectivity index (χ0) is 17.4. The van der Waals surface area contributed by atoms with Crippen molar-refractivity contribution in [3.8, 4) is 5.69 Å². The van der Waals surface area contributed by atoms with Crippen molar-refractivity contribution >= 4 is 11.6 Å². The summed E-state index contributed by atoms with van der Waals surface area (Å²) in [5.41, 5.74) is 1.95. The average Bonchev–Trinajstić information content (AvgIpc) is 3.31. The number of carbonyl (C=O) groups excluding carboxylic acids is 1. The molecule has 0 saturated heterocycles. The molecule has 2 aliphatic rings. The van der Waals surface area contributed by atoms with Gasteiger partial charge in [0.1, 0.15) is 5.82 Å². The lowest BCUT2D eigenvalue weighted by atomic mass is 9.86. The molecule has 1 heterocycles. The van der Waals surface area contributed by atoms with Crippen LogP contribution in [0, 0.1) is 17.8 Å². The van der Waals surface area contributed by atoms with E-state index in [1.807, 2.05) is 36.7 Å². The number of nitrogens with one attached hydrogen (secondary N) is 1. The van der Waals surface area contributed by atoms with Crippen molar-refractivity contribution in [2.75, 3.05) is 5.32 Å². The Balaban J connectivity index is 1.39. The van der Waals surface area contributed by atoms with Crippen molar-refractivity contribution < 1.29 is 4.79 Å². The van der Waals surface area contributed by atoms with Gasteiger partial charge in [-0.05, 0) is 61.3 Å². The molecule has 0 radical (unpaired) electrons. The summed E-state index contributed by atoms with van der Waals surface area (Å²) < 4.78 is 2.10. The van der Waals surface area contributed by atoms with Gasteiger partial charge in [-0.1, -0.05) is 20.3 Å². The van der Waals surface area contributed by atoms with Gasteiger partial charge in [0.2, 0.25) is 5.91 Å². The summed E-state index contributed by atoms with van der Waals surface area (Å²) in [5.74, 6) is 3.89. The summed E-state index contributed by atoms with van der Waals surface area (Å²) in [5, 5.41) is 3.07. The molecule has 4 heteroatoms. The Hall–Kier alpha value is -2.10. The van der Waals surface area contributed by atoms with E-state index in [0.717, 1.165) is 29.0 Å². The Morgan fingerprint density at radius 2 is 2.04 bits per heavy atom. The van der Waals surface area contributed by atoms with Crippen LogP contribution in [0.5, 0.6) is 0 Å². The summed E-state index contributed by atoms with van der Waals surface area (Å²) in [6, 6.07) is 8.05. The Morgan fingerprint density at radius 1 is 1.24 bits per heavy atom. The van der Waals surface area contributed by atoms with Gasteiger partial charge >= 0.3 is 0 Å². The molecule has 0 spiro atoms. The van der Waals surface area contributed by atoms with Crippen LogP contribution in [0.3, 0.4) is 0 Å². The second-order valence-electron chi connectivity index (χ2n) is 8.04. The third-order valence-electron chi connectivity index (χ3n) is 5.95. The second kappa shape index (κ2) is 6.66. The van der Waals surface area contributed by atoms with E-state index >= 15 is 0 Å². The van der Waals surface area contributed by atoms with E-state index in [1.54, 1.807) is 0 Å². The summed E-state index contributed by atoms with van der Waals surface area (Å²) in [7, 11) is 0. The highest BCUT2D eigenvalue weighted by molar-refractivity contribution is 5.91. The van der Waals surface area contributed by atoms with Crippen molar-refractivity contribution in [3.63, 3.8) is 0 Å². The Kier molecular flexibility index (Phi) is 4.36. The molecular formula is C21H27N3O. The van der Waals surface area contributed by atoms with Crippen LogP contribution in [0.1, 0.15) is 57.7 Å². The van der Waals surface area contributed by atoms with Crippen LogP contribution < -0.4 is 5.32 Å². The maximum Gasteiger partial charge on any atom is 0.224 e. The fourth-order valence-corrected chi connectivity index (χ4v) is 4.74. The highest BCUT2D eigenvalue weighted by atomic mass is 16.1. The molecule has 1 aromatic heterocycles. The van der Waals surface area contributed by atoms with Crippen LogP contribution in [0.2, 0.25) is 0 Å². The third kappa shape index (κ3) is 3.35. The molecular weight excluding hydrogens is 310 g/mol. The number of imidazole rings is 1. The molecule has 1 aromatic carbocycles. The fraction of sp³-hybridized carbons (Fsp3) is 0.524. The minimum Gasteiger partial charge on any atom is -0.326 e. The predicted molar refractivity (Wildman–Crippen MR) is 99.8 cm³/mol. The Bertz CT molecular complexity index is 747.